The highest BCUT2D eigenvalue weighted by molar-refractivity contribution is 7.92. The Morgan fingerprint density at radius 3 is 2.51 bits per heavy atom. The normalized spacial score (nSPS) is 20.8. The van der Waals surface area contributed by atoms with E-state index in [1.807, 2.05) is 6.07 Å². The van der Waals surface area contributed by atoms with Gasteiger partial charge in [0.2, 0.25) is 21.8 Å². The Balaban J connectivity index is 1.74. The highest BCUT2D eigenvalue weighted by atomic mass is 32.2. The van der Waals surface area contributed by atoms with Gasteiger partial charge in [0.1, 0.15) is 23.2 Å². The summed E-state index contributed by atoms with van der Waals surface area (Å²) in [5.41, 5.74) is 0.829. The van der Waals surface area contributed by atoms with E-state index < -0.39 is 27.4 Å². The van der Waals surface area contributed by atoms with Crippen molar-refractivity contribution in [1.29, 1.82) is 0 Å². The van der Waals surface area contributed by atoms with E-state index in [2.05, 4.69) is 5.32 Å². The number of aromatic nitrogens is 1. The fraction of sp³-hybridized carbons (Fsp3) is 0.538. The number of amides is 1. The van der Waals surface area contributed by atoms with Gasteiger partial charge in [-0.3, -0.25) is 9.10 Å². The monoisotopic (exact) mass is 535 g/mol. The molecule has 4 rings (SSSR count). The number of carbonyl (C=O) groups excluding carboxylic acids is 1. The first-order valence-corrected chi connectivity index (χ1v) is 14.2. The van der Waals surface area contributed by atoms with E-state index in [9.17, 15) is 17.6 Å². The van der Waals surface area contributed by atoms with Gasteiger partial charge in [0.25, 0.3) is 0 Å². The maximum absolute atomic E-state index is 13.7. The Morgan fingerprint density at radius 2 is 1.92 bits per heavy atom. The molecule has 1 fully saturated rings. The largest absolute Gasteiger partial charge is 0.465 e. The van der Waals surface area contributed by atoms with E-state index in [4.69, 9.17) is 19.2 Å². The molecule has 1 amide bonds. The van der Waals surface area contributed by atoms with Crippen LogP contribution >= 0.6 is 0 Å². The van der Waals surface area contributed by atoms with Crippen LogP contribution in [0.25, 0.3) is 0 Å². The molecule has 0 spiro atoms. The lowest BCUT2D eigenvalue weighted by Crippen LogP contribution is -2.40. The average Bonchev–Trinajstić information content (AvgIpc) is 3.65. The van der Waals surface area contributed by atoms with Crippen molar-refractivity contribution in [1.82, 2.24) is 10.3 Å². The van der Waals surface area contributed by atoms with Gasteiger partial charge in [0, 0.05) is 32.9 Å². The maximum Gasteiger partial charge on any atom is 0.233 e. The van der Waals surface area contributed by atoms with Crippen molar-refractivity contribution in [2.45, 2.75) is 43.6 Å². The topological polar surface area (TPSA) is 107 Å². The summed E-state index contributed by atoms with van der Waals surface area (Å²) in [6.07, 6.45) is 3.44. The van der Waals surface area contributed by atoms with E-state index in [1.54, 1.807) is 33.2 Å². The quantitative estimate of drug-likeness (QED) is 0.416. The summed E-state index contributed by atoms with van der Waals surface area (Å²) in [5, 5.41) is 2.71. The zero-order valence-electron chi connectivity index (χ0n) is 21.6. The van der Waals surface area contributed by atoms with Crippen molar-refractivity contribution in [2.24, 2.45) is 0 Å². The number of ether oxygens (including phenoxy) is 3. The van der Waals surface area contributed by atoms with Crippen LogP contribution in [0.3, 0.4) is 0 Å². The first kappa shape index (κ1) is 27.3. The minimum atomic E-state index is -3.67. The molecule has 2 heterocycles. The minimum Gasteiger partial charge on any atom is -0.465 e. The molecule has 1 aliphatic carbocycles. The number of anilines is 1. The van der Waals surface area contributed by atoms with Crippen molar-refractivity contribution in [3.05, 3.63) is 52.8 Å². The molecule has 1 aromatic carbocycles. The van der Waals surface area contributed by atoms with Crippen LogP contribution in [0, 0.1) is 5.82 Å². The molecular formula is C26H34FN3O6S. The summed E-state index contributed by atoms with van der Waals surface area (Å²) >= 11 is 0. The van der Waals surface area contributed by atoms with E-state index in [-0.39, 0.29) is 24.2 Å². The number of rotatable bonds is 12. The number of pyridine rings is 1. The maximum atomic E-state index is 13.7. The highest BCUT2D eigenvalue weighted by Gasteiger charge is 2.52. The Kier molecular flexibility index (Phi) is 8.05. The summed E-state index contributed by atoms with van der Waals surface area (Å²) in [6.45, 7) is 3.22. The molecule has 0 radical (unpaired) electrons. The van der Waals surface area contributed by atoms with Gasteiger partial charge >= 0.3 is 0 Å². The second kappa shape index (κ2) is 10.9. The van der Waals surface area contributed by atoms with Crippen LogP contribution in [0.1, 0.15) is 54.7 Å². The number of sulfonamides is 1. The molecule has 37 heavy (non-hydrogen) atoms. The third-order valence-corrected chi connectivity index (χ3v) is 8.01. The zero-order chi connectivity index (χ0) is 26.8. The molecule has 1 aromatic heterocycles. The molecule has 202 valence electrons. The lowest BCUT2D eigenvalue weighted by Gasteiger charge is -2.30. The van der Waals surface area contributed by atoms with Gasteiger partial charge < -0.3 is 19.5 Å². The summed E-state index contributed by atoms with van der Waals surface area (Å²) < 4.78 is 57.5. The number of halogens is 1. The molecule has 1 aliphatic heterocycles. The molecule has 2 unspecified atom stereocenters. The third kappa shape index (κ3) is 5.73. The van der Waals surface area contributed by atoms with Gasteiger partial charge in [-0.1, -0.05) is 12.1 Å². The van der Waals surface area contributed by atoms with E-state index in [1.165, 1.54) is 16.4 Å². The van der Waals surface area contributed by atoms with E-state index in [0.717, 1.165) is 24.7 Å². The number of hydrogen-bond acceptors (Lipinski definition) is 7. The van der Waals surface area contributed by atoms with E-state index >= 15 is 0 Å². The smallest absolute Gasteiger partial charge is 0.233 e. The molecule has 11 heteroatoms. The van der Waals surface area contributed by atoms with Crippen LogP contribution in [0.15, 0.2) is 30.3 Å². The summed E-state index contributed by atoms with van der Waals surface area (Å²) in [5.74, 6) is -0.749. The number of carbonyl (C=O) groups is 1. The van der Waals surface area contributed by atoms with Crippen LogP contribution in [-0.4, -0.2) is 66.1 Å². The van der Waals surface area contributed by atoms with Crippen LogP contribution < -0.4 is 14.4 Å². The van der Waals surface area contributed by atoms with Crippen LogP contribution in [0.2, 0.25) is 0 Å². The number of fused-ring (bicyclic) bond motifs is 1. The zero-order valence-corrected chi connectivity index (χ0v) is 22.4. The molecule has 2 aromatic rings. The molecular weight excluding hydrogens is 501 g/mol. The van der Waals surface area contributed by atoms with Gasteiger partial charge in [0.15, 0.2) is 0 Å². The predicted molar refractivity (Wildman–Crippen MR) is 137 cm³/mol. The fourth-order valence-electron chi connectivity index (χ4n) is 4.78. The first-order valence-electron chi connectivity index (χ1n) is 12.4. The van der Waals surface area contributed by atoms with Crippen LogP contribution in [-0.2, 0) is 29.9 Å². The van der Waals surface area contributed by atoms with Crippen molar-refractivity contribution < 1.29 is 31.8 Å². The molecule has 2 atom stereocenters. The lowest BCUT2D eigenvalue weighted by atomic mass is 9.79. The summed E-state index contributed by atoms with van der Waals surface area (Å²) in [7, 11) is -0.528. The molecule has 1 N–H and O–H groups in total. The molecule has 0 saturated heterocycles. The molecule has 0 bridgehead atoms. The fourth-order valence-corrected chi connectivity index (χ4v) is 5.71. The van der Waals surface area contributed by atoms with Gasteiger partial charge in [-0.2, -0.15) is 4.98 Å². The molecule has 2 aliphatic rings. The first-order chi connectivity index (χ1) is 17.6. The van der Waals surface area contributed by atoms with Crippen molar-refractivity contribution in [3.8, 4) is 5.88 Å². The van der Waals surface area contributed by atoms with Crippen LogP contribution in [0.4, 0.5) is 10.2 Å². The number of hydrogen-bond donors (Lipinski definition) is 1. The third-order valence-electron chi connectivity index (χ3n) is 6.86. The minimum absolute atomic E-state index is 0.151. The number of benzene rings is 1. The number of likely N-dealkylation sites (N-methyl/N-ethyl adjacent to an activating group) is 1. The molecule has 1 saturated carbocycles. The standard InChI is InChI=1S/C26H34FN3O6S/c1-26(18-8-10-19(27)11-9-18)22(24(31)28-2)21-16-20(17-6-7-17)23(29-25(21)36-26)30(37(4,32)33)12-5-13-35-15-14-34-3/h8-11,16-17,22H,5-7,12-15H2,1-4H3,(H,28,31). The predicted octanol–water partition coefficient (Wildman–Crippen LogP) is 3.05. The highest BCUT2D eigenvalue weighted by Crippen LogP contribution is 2.53. The van der Waals surface area contributed by atoms with Gasteiger partial charge in [-0.15, -0.1) is 0 Å². The van der Waals surface area contributed by atoms with Crippen molar-refractivity contribution >= 4 is 21.7 Å². The van der Waals surface area contributed by atoms with Gasteiger partial charge in [-0.25, -0.2) is 12.8 Å². The SMILES string of the molecule is CNC(=O)C1c2cc(C3CC3)c(N(CCCOCCOC)S(C)(=O)=O)nc2OC1(C)c1ccc(F)cc1. The molecule has 9 nitrogen and oxygen atoms in total. The summed E-state index contributed by atoms with van der Waals surface area (Å²) in [4.78, 5) is 17.9. The average molecular weight is 536 g/mol. The van der Waals surface area contributed by atoms with Gasteiger partial charge in [-0.05, 0) is 61.4 Å². The summed E-state index contributed by atoms with van der Waals surface area (Å²) in [6, 6.07) is 7.70. The number of methoxy groups -OCH3 is 1. The second-order valence-electron chi connectivity index (χ2n) is 9.63. The van der Waals surface area contributed by atoms with Gasteiger partial charge in [0.05, 0.1) is 19.5 Å². The van der Waals surface area contributed by atoms with Crippen molar-refractivity contribution in [3.63, 3.8) is 0 Å². The Hall–Kier alpha value is -2.76. The Bertz CT molecular complexity index is 1240. The van der Waals surface area contributed by atoms with Crippen molar-refractivity contribution in [2.75, 3.05) is 51.1 Å². The Morgan fingerprint density at radius 1 is 1.22 bits per heavy atom. The second-order valence-corrected chi connectivity index (χ2v) is 11.5. The van der Waals surface area contributed by atoms with Crippen LogP contribution in [0.5, 0.6) is 5.88 Å². The number of nitrogens with one attached hydrogen (secondary N) is 1. The Labute approximate surface area is 217 Å². The number of nitrogens with zero attached hydrogens (tertiary/aromatic N) is 2. The lowest BCUT2D eigenvalue weighted by molar-refractivity contribution is -0.125. The van der Waals surface area contributed by atoms with E-state index in [0.29, 0.717) is 43.2 Å².